The maximum Gasteiger partial charge on any atom is 0.133 e. The monoisotopic (exact) mass is 271 g/mol. The van der Waals surface area contributed by atoms with E-state index in [1.165, 1.54) is 12.1 Å². The first-order chi connectivity index (χ1) is 8.85. The van der Waals surface area contributed by atoms with Crippen LogP contribution in [0, 0.1) is 18.6 Å². The molecule has 0 amide bonds. The predicted molar refractivity (Wildman–Crippen MR) is 73.2 cm³/mol. The predicted octanol–water partition coefficient (Wildman–Crippen LogP) is 3.74. The average molecular weight is 271 g/mol. The Morgan fingerprint density at radius 2 is 1.95 bits per heavy atom. The van der Waals surface area contributed by atoms with E-state index < -0.39 is 23.3 Å². The number of nitrogens with one attached hydrogen (secondary N) is 1. The molecule has 1 N–H and O–H groups in total. The van der Waals surface area contributed by atoms with Crippen molar-refractivity contribution >= 4 is 0 Å². The molecular formula is C15H23F2NO. The van der Waals surface area contributed by atoms with E-state index in [0.29, 0.717) is 12.1 Å². The quantitative estimate of drug-likeness (QED) is 0.851. The fraction of sp³-hybridized carbons (Fsp3) is 0.600. The molecule has 108 valence electrons. The van der Waals surface area contributed by atoms with E-state index in [-0.39, 0.29) is 5.56 Å². The number of halogens is 2. The van der Waals surface area contributed by atoms with Crippen molar-refractivity contribution in [3.63, 3.8) is 0 Å². The van der Waals surface area contributed by atoms with Crippen molar-refractivity contribution in [2.45, 2.75) is 45.8 Å². The van der Waals surface area contributed by atoms with Crippen LogP contribution < -0.4 is 5.32 Å². The summed E-state index contributed by atoms with van der Waals surface area (Å²) in [6.07, 6.45) is 0.880. The van der Waals surface area contributed by atoms with Gasteiger partial charge in [-0.2, -0.15) is 0 Å². The number of hydrogen-bond donors (Lipinski definition) is 1. The first-order valence-corrected chi connectivity index (χ1v) is 6.58. The van der Waals surface area contributed by atoms with Crippen LogP contribution in [0.1, 0.15) is 44.4 Å². The molecule has 19 heavy (non-hydrogen) atoms. The van der Waals surface area contributed by atoms with Gasteiger partial charge >= 0.3 is 0 Å². The highest BCUT2D eigenvalue weighted by molar-refractivity contribution is 5.31. The number of aryl methyl sites for hydroxylation is 1. The van der Waals surface area contributed by atoms with E-state index in [1.54, 1.807) is 14.0 Å². The molecule has 1 aromatic carbocycles. The summed E-state index contributed by atoms with van der Waals surface area (Å²) in [5.41, 5.74) is -0.211. The summed E-state index contributed by atoms with van der Waals surface area (Å²) in [5.74, 6) is -1.04. The molecule has 0 aliphatic heterocycles. The van der Waals surface area contributed by atoms with Crippen LogP contribution in [0.4, 0.5) is 8.78 Å². The molecule has 1 unspecified atom stereocenters. The summed E-state index contributed by atoms with van der Waals surface area (Å²) in [6.45, 7) is 7.95. The molecule has 0 aromatic heterocycles. The number of rotatable bonds is 6. The Hall–Kier alpha value is -1.00. The second-order valence-corrected chi connectivity index (χ2v) is 5.29. The summed E-state index contributed by atoms with van der Waals surface area (Å²) in [7, 11) is 1.55. The van der Waals surface area contributed by atoms with Crippen LogP contribution in [0.2, 0.25) is 0 Å². The minimum atomic E-state index is -0.704. The normalized spacial score (nSPS) is 13.6. The zero-order valence-electron chi connectivity index (χ0n) is 12.3. The van der Waals surface area contributed by atoms with Crippen LogP contribution in [-0.2, 0) is 4.74 Å². The van der Waals surface area contributed by atoms with Gasteiger partial charge in [0.2, 0.25) is 0 Å². The van der Waals surface area contributed by atoms with Crippen molar-refractivity contribution in [1.29, 1.82) is 0 Å². The van der Waals surface area contributed by atoms with Gasteiger partial charge in [-0.25, -0.2) is 8.78 Å². The van der Waals surface area contributed by atoms with Crippen LogP contribution in [0.3, 0.4) is 0 Å². The highest BCUT2D eigenvalue weighted by Crippen LogP contribution is 2.33. The number of hydrogen-bond acceptors (Lipinski definition) is 2. The Labute approximate surface area is 114 Å². The molecule has 0 saturated heterocycles. The molecule has 0 radical (unpaired) electrons. The second-order valence-electron chi connectivity index (χ2n) is 5.29. The molecule has 0 aliphatic rings. The number of benzene rings is 1. The molecule has 0 aliphatic carbocycles. The van der Waals surface area contributed by atoms with Gasteiger partial charge in [0.25, 0.3) is 0 Å². The zero-order valence-corrected chi connectivity index (χ0v) is 12.3. The summed E-state index contributed by atoms with van der Waals surface area (Å²) in [5, 5.41) is 3.18. The van der Waals surface area contributed by atoms with Gasteiger partial charge in [0.05, 0.1) is 11.6 Å². The van der Waals surface area contributed by atoms with E-state index in [0.717, 1.165) is 6.42 Å². The first kappa shape index (κ1) is 16.1. The fourth-order valence-electron chi connectivity index (χ4n) is 2.04. The molecule has 0 heterocycles. The highest BCUT2D eigenvalue weighted by Gasteiger charge is 2.34. The largest absolute Gasteiger partial charge is 0.377 e. The maximum absolute atomic E-state index is 14.3. The van der Waals surface area contributed by atoms with Crippen molar-refractivity contribution in [2.75, 3.05) is 13.7 Å². The van der Waals surface area contributed by atoms with Gasteiger partial charge in [-0.1, -0.05) is 13.0 Å². The molecular weight excluding hydrogens is 248 g/mol. The summed E-state index contributed by atoms with van der Waals surface area (Å²) >= 11 is 0. The Morgan fingerprint density at radius 1 is 1.32 bits per heavy atom. The molecule has 0 saturated carbocycles. The smallest absolute Gasteiger partial charge is 0.133 e. The Kier molecular flexibility index (Phi) is 5.44. The summed E-state index contributed by atoms with van der Waals surface area (Å²) in [4.78, 5) is 0. The van der Waals surface area contributed by atoms with E-state index in [9.17, 15) is 8.78 Å². The SMILES string of the molecule is CCCNC(c1c(F)ccc(C)c1F)C(C)(C)OC. The standard InChI is InChI=1S/C15H23F2NO/c1-6-9-18-14(15(3,4)19-5)12-11(16)8-7-10(2)13(12)17/h7-8,14,18H,6,9H2,1-5H3. The molecule has 4 heteroatoms. The Bertz CT molecular complexity index is 432. The molecule has 2 nitrogen and oxygen atoms in total. The molecule has 1 rings (SSSR count). The van der Waals surface area contributed by atoms with Crippen molar-refractivity contribution in [2.24, 2.45) is 0 Å². The van der Waals surface area contributed by atoms with E-state index in [2.05, 4.69) is 5.32 Å². The van der Waals surface area contributed by atoms with Gasteiger partial charge in [0.15, 0.2) is 0 Å². The molecule has 1 atom stereocenters. The second kappa shape index (κ2) is 6.44. The fourth-order valence-corrected chi connectivity index (χ4v) is 2.04. The van der Waals surface area contributed by atoms with Gasteiger partial charge in [0.1, 0.15) is 11.6 Å². The molecule has 1 aromatic rings. The highest BCUT2D eigenvalue weighted by atomic mass is 19.1. The van der Waals surface area contributed by atoms with Crippen molar-refractivity contribution < 1.29 is 13.5 Å². The Morgan fingerprint density at radius 3 is 2.47 bits per heavy atom. The third-order valence-corrected chi connectivity index (χ3v) is 3.43. The first-order valence-electron chi connectivity index (χ1n) is 6.58. The lowest BCUT2D eigenvalue weighted by Gasteiger charge is -2.34. The zero-order chi connectivity index (χ0) is 14.6. The van der Waals surface area contributed by atoms with Gasteiger partial charge in [-0.3, -0.25) is 0 Å². The number of methoxy groups -OCH3 is 1. The lowest BCUT2D eigenvalue weighted by molar-refractivity contribution is -0.0130. The third kappa shape index (κ3) is 3.51. The maximum atomic E-state index is 14.3. The molecule has 0 spiro atoms. The van der Waals surface area contributed by atoms with Crippen LogP contribution in [0.5, 0.6) is 0 Å². The minimum absolute atomic E-state index is 0.0558. The molecule has 0 bridgehead atoms. The van der Waals surface area contributed by atoms with Gasteiger partial charge in [-0.15, -0.1) is 0 Å². The van der Waals surface area contributed by atoms with Gasteiger partial charge in [0, 0.05) is 12.7 Å². The van der Waals surface area contributed by atoms with Crippen LogP contribution in [0.25, 0.3) is 0 Å². The Balaban J connectivity index is 3.28. The lowest BCUT2D eigenvalue weighted by Crippen LogP contribution is -2.42. The van der Waals surface area contributed by atoms with E-state index in [4.69, 9.17) is 4.74 Å². The summed E-state index contributed by atoms with van der Waals surface area (Å²) < 4.78 is 33.7. The van der Waals surface area contributed by atoms with Crippen LogP contribution in [0.15, 0.2) is 12.1 Å². The topological polar surface area (TPSA) is 21.3 Å². The van der Waals surface area contributed by atoms with Crippen molar-refractivity contribution in [3.05, 3.63) is 34.9 Å². The van der Waals surface area contributed by atoms with E-state index in [1.807, 2.05) is 20.8 Å². The minimum Gasteiger partial charge on any atom is -0.377 e. The van der Waals surface area contributed by atoms with Gasteiger partial charge in [-0.05, 0) is 45.4 Å². The number of ether oxygens (including phenoxy) is 1. The van der Waals surface area contributed by atoms with Crippen LogP contribution in [-0.4, -0.2) is 19.3 Å². The van der Waals surface area contributed by atoms with Crippen LogP contribution >= 0.6 is 0 Å². The van der Waals surface area contributed by atoms with Gasteiger partial charge < -0.3 is 10.1 Å². The lowest BCUT2D eigenvalue weighted by atomic mass is 9.89. The van der Waals surface area contributed by atoms with Crippen molar-refractivity contribution in [3.8, 4) is 0 Å². The van der Waals surface area contributed by atoms with Crippen molar-refractivity contribution in [1.82, 2.24) is 5.32 Å². The average Bonchev–Trinajstić information content (AvgIpc) is 2.37. The summed E-state index contributed by atoms with van der Waals surface area (Å²) in [6, 6.07) is 2.22. The molecule has 0 fully saturated rings. The third-order valence-electron chi connectivity index (χ3n) is 3.43. The van der Waals surface area contributed by atoms with E-state index >= 15 is 0 Å².